The van der Waals surface area contributed by atoms with Crippen molar-refractivity contribution in [3.05, 3.63) is 42.1 Å². The number of aryl methyl sites for hydroxylation is 1. The van der Waals surface area contributed by atoms with Crippen LogP contribution in [0, 0.1) is 12.8 Å². The second-order valence-electron chi connectivity index (χ2n) is 8.05. The lowest BCUT2D eigenvalue weighted by molar-refractivity contribution is -0.136. The highest BCUT2D eigenvalue weighted by Crippen LogP contribution is 2.22. The van der Waals surface area contributed by atoms with Crippen LogP contribution in [0.5, 0.6) is 5.88 Å². The molecule has 1 aromatic heterocycles. The number of ether oxygens (including phenoxy) is 1. The van der Waals surface area contributed by atoms with Gasteiger partial charge < -0.3 is 20.3 Å². The summed E-state index contributed by atoms with van der Waals surface area (Å²) in [6.07, 6.45) is 0.284. The van der Waals surface area contributed by atoms with E-state index in [2.05, 4.69) is 5.10 Å². The summed E-state index contributed by atoms with van der Waals surface area (Å²) < 4.78 is 7.35. The summed E-state index contributed by atoms with van der Waals surface area (Å²) in [6, 6.07) is 10.6. The van der Waals surface area contributed by atoms with Gasteiger partial charge in [0.05, 0.1) is 23.5 Å². The van der Waals surface area contributed by atoms with Crippen LogP contribution in [0.4, 0.5) is 4.79 Å². The van der Waals surface area contributed by atoms with E-state index in [9.17, 15) is 9.59 Å². The molecule has 1 unspecified atom stereocenters. The highest BCUT2D eigenvalue weighted by atomic mass is 16.6. The summed E-state index contributed by atoms with van der Waals surface area (Å²) in [4.78, 5) is 29.1. The number of rotatable bonds is 5. The molecule has 0 aliphatic carbocycles. The molecule has 1 saturated heterocycles. The molecule has 30 heavy (non-hydrogen) atoms. The minimum Gasteiger partial charge on any atom is -0.391 e. The third-order valence-corrected chi connectivity index (χ3v) is 5.50. The maximum absolute atomic E-state index is 13.0. The minimum absolute atomic E-state index is 0.0609. The predicted octanol–water partition coefficient (Wildman–Crippen LogP) is 2.59. The molecule has 2 aromatic rings. The summed E-state index contributed by atoms with van der Waals surface area (Å²) in [7, 11) is 0. The van der Waals surface area contributed by atoms with Gasteiger partial charge in [0, 0.05) is 25.7 Å². The molecule has 0 spiro atoms. The number of hydrogen-bond donors (Lipinski definition) is 1. The fraction of sp³-hybridized carbons (Fsp3) is 0.500. The molecule has 2 N–H and O–H groups in total. The summed E-state index contributed by atoms with van der Waals surface area (Å²) in [5, 5.41) is 4.44. The first-order valence-electron chi connectivity index (χ1n) is 10.5. The SMILES string of the molecule is CC[C@@H]1CN(C(=O)C(N)C(C)C)CCN1C(=O)Oc1cc(C)nn1-c1ccccc1. The quantitative estimate of drug-likeness (QED) is 0.813. The topological polar surface area (TPSA) is 93.7 Å². The molecule has 8 heteroatoms. The maximum Gasteiger partial charge on any atom is 0.416 e. The Morgan fingerprint density at radius 2 is 1.93 bits per heavy atom. The van der Waals surface area contributed by atoms with Crippen LogP contribution < -0.4 is 10.5 Å². The summed E-state index contributed by atoms with van der Waals surface area (Å²) in [5.74, 6) is 0.384. The van der Waals surface area contributed by atoms with Crippen LogP contribution in [-0.4, -0.2) is 63.3 Å². The Morgan fingerprint density at radius 1 is 1.23 bits per heavy atom. The largest absolute Gasteiger partial charge is 0.416 e. The molecular formula is C22H31N5O3. The van der Waals surface area contributed by atoms with Gasteiger partial charge in [-0.2, -0.15) is 5.10 Å². The highest BCUT2D eigenvalue weighted by molar-refractivity contribution is 5.82. The van der Waals surface area contributed by atoms with Gasteiger partial charge in [-0.1, -0.05) is 39.0 Å². The summed E-state index contributed by atoms with van der Waals surface area (Å²) >= 11 is 0. The lowest BCUT2D eigenvalue weighted by Crippen LogP contribution is -2.59. The van der Waals surface area contributed by atoms with Crippen LogP contribution in [0.15, 0.2) is 36.4 Å². The first-order valence-corrected chi connectivity index (χ1v) is 10.5. The molecule has 3 rings (SSSR count). The number of piperazine rings is 1. The second-order valence-corrected chi connectivity index (χ2v) is 8.05. The molecule has 2 atom stereocenters. The normalized spacial score (nSPS) is 17.9. The Kier molecular flexibility index (Phi) is 6.77. The zero-order valence-electron chi connectivity index (χ0n) is 18.1. The van der Waals surface area contributed by atoms with E-state index in [1.165, 1.54) is 0 Å². The minimum atomic E-state index is -0.524. The van der Waals surface area contributed by atoms with Crippen LogP contribution in [0.1, 0.15) is 32.9 Å². The highest BCUT2D eigenvalue weighted by Gasteiger charge is 2.35. The zero-order chi connectivity index (χ0) is 21.8. The van der Waals surface area contributed by atoms with Gasteiger partial charge in [-0.15, -0.1) is 0 Å². The molecule has 162 valence electrons. The molecule has 1 fully saturated rings. The van der Waals surface area contributed by atoms with Crippen molar-refractivity contribution in [2.75, 3.05) is 19.6 Å². The predicted molar refractivity (Wildman–Crippen MR) is 115 cm³/mol. The van der Waals surface area contributed by atoms with E-state index in [-0.39, 0.29) is 17.9 Å². The zero-order valence-corrected chi connectivity index (χ0v) is 18.1. The van der Waals surface area contributed by atoms with Crippen molar-refractivity contribution >= 4 is 12.0 Å². The van der Waals surface area contributed by atoms with E-state index in [1.54, 1.807) is 20.5 Å². The Bertz CT molecular complexity index is 880. The first-order chi connectivity index (χ1) is 14.3. The number of carbonyl (C=O) groups excluding carboxylic acids is 2. The van der Waals surface area contributed by atoms with Crippen LogP contribution >= 0.6 is 0 Å². The third kappa shape index (κ3) is 4.64. The molecule has 8 nitrogen and oxygen atoms in total. The standard InChI is InChI=1S/C22H31N5O3/c1-5-17-14-25(21(28)20(23)15(2)3)11-12-26(17)22(29)30-19-13-16(4)24-27(19)18-9-7-6-8-10-18/h6-10,13,15,17,20H,5,11-12,14,23H2,1-4H3/t17-,20?/m1/s1. The van der Waals surface area contributed by atoms with Crippen LogP contribution in [0.2, 0.25) is 0 Å². The van der Waals surface area contributed by atoms with Gasteiger partial charge in [-0.3, -0.25) is 4.79 Å². The average Bonchev–Trinajstić information content (AvgIpc) is 3.12. The van der Waals surface area contributed by atoms with Crippen LogP contribution in [-0.2, 0) is 4.79 Å². The number of nitrogens with two attached hydrogens (primary N) is 1. The smallest absolute Gasteiger partial charge is 0.391 e. The summed E-state index contributed by atoms with van der Waals surface area (Å²) in [6.45, 7) is 9.04. The number of amides is 2. The number of hydrogen-bond acceptors (Lipinski definition) is 5. The molecule has 2 amide bonds. The number of aromatic nitrogens is 2. The number of para-hydroxylation sites is 1. The van der Waals surface area contributed by atoms with E-state index >= 15 is 0 Å². The second kappa shape index (κ2) is 9.30. The van der Waals surface area contributed by atoms with Crippen molar-refractivity contribution < 1.29 is 14.3 Å². The number of nitrogens with zero attached hydrogens (tertiary/aromatic N) is 4. The molecule has 0 radical (unpaired) electrons. The van der Waals surface area contributed by atoms with Crippen molar-refractivity contribution in [1.82, 2.24) is 19.6 Å². The molecule has 1 aliphatic heterocycles. The Balaban J connectivity index is 1.72. The Morgan fingerprint density at radius 3 is 2.57 bits per heavy atom. The number of carbonyl (C=O) groups is 2. The van der Waals surface area contributed by atoms with E-state index < -0.39 is 12.1 Å². The Labute approximate surface area is 177 Å². The van der Waals surface area contributed by atoms with Gasteiger partial charge in [0.15, 0.2) is 0 Å². The molecule has 1 aromatic carbocycles. The fourth-order valence-electron chi connectivity index (χ4n) is 3.59. The van der Waals surface area contributed by atoms with Crippen molar-refractivity contribution in [3.63, 3.8) is 0 Å². The van der Waals surface area contributed by atoms with E-state index in [0.717, 1.165) is 11.4 Å². The van der Waals surface area contributed by atoms with E-state index in [0.29, 0.717) is 31.9 Å². The first kappa shape index (κ1) is 21.8. The van der Waals surface area contributed by atoms with Gasteiger partial charge >= 0.3 is 6.09 Å². The monoisotopic (exact) mass is 413 g/mol. The lowest BCUT2D eigenvalue weighted by Gasteiger charge is -2.41. The van der Waals surface area contributed by atoms with Gasteiger partial charge in [-0.25, -0.2) is 9.48 Å². The van der Waals surface area contributed by atoms with Gasteiger partial charge in [-0.05, 0) is 31.4 Å². The van der Waals surface area contributed by atoms with E-state index in [1.807, 2.05) is 58.0 Å². The van der Waals surface area contributed by atoms with Crippen LogP contribution in [0.25, 0.3) is 5.69 Å². The van der Waals surface area contributed by atoms with Crippen LogP contribution in [0.3, 0.4) is 0 Å². The third-order valence-electron chi connectivity index (χ3n) is 5.50. The molecule has 0 saturated carbocycles. The molecule has 0 bridgehead atoms. The lowest BCUT2D eigenvalue weighted by atomic mass is 10.0. The van der Waals surface area contributed by atoms with Crippen molar-refractivity contribution in [1.29, 1.82) is 0 Å². The summed E-state index contributed by atoms with van der Waals surface area (Å²) in [5.41, 5.74) is 7.62. The average molecular weight is 414 g/mol. The Hall–Kier alpha value is -2.87. The van der Waals surface area contributed by atoms with Crippen molar-refractivity contribution in [2.45, 2.75) is 46.2 Å². The molecular weight excluding hydrogens is 382 g/mol. The van der Waals surface area contributed by atoms with Gasteiger partial charge in [0.2, 0.25) is 11.8 Å². The van der Waals surface area contributed by atoms with Gasteiger partial charge in [0.1, 0.15) is 0 Å². The molecule has 2 heterocycles. The van der Waals surface area contributed by atoms with Crippen molar-refractivity contribution in [3.8, 4) is 11.6 Å². The van der Waals surface area contributed by atoms with Gasteiger partial charge in [0.25, 0.3) is 0 Å². The number of benzene rings is 1. The molecule has 1 aliphatic rings. The van der Waals surface area contributed by atoms with Crippen molar-refractivity contribution in [2.24, 2.45) is 11.7 Å². The van der Waals surface area contributed by atoms with E-state index in [4.69, 9.17) is 10.5 Å². The maximum atomic E-state index is 13.0. The fourth-order valence-corrected chi connectivity index (χ4v) is 3.59.